The van der Waals surface area contributed by atoms with E-state index in [9.17, 15) is 4.79 Å². The number of amides is 1. The van der Waals surface area contributed by atoms with E-state index in [4.69, 9.17) is 9.72 Å². The molecular formula is C18H20ClN3O2S2. The molecule has 0 bridgehead atoms. The number of carbonyl (C=O) groups excluding carboxylic acids is 1. The van der Waals surface area contributed by atoms with Crippen LogP contribution in [0.3, 0.4) is 0 Å². The number of halogens is 1. The highest BCUT2D eigenvalue weighted by Crippen LogP contribution is 2.30. The molecular weight excluding hydrogens is 390 g/mol. The molecule has 5 nitrogen and oxygen atoms in total. The van der Waals surface area contributed by atoms with Crippen molar-refractivity contribution in [3.05, 3.63) is 46.7 Å². The monoisotopic (exact) mass is 409 g/mol. The fourth-order valence-corrected chi connectivity index (χ4v) is 4.52. The lowest BCUT2D eigenvalue weighted by Crippen LogP contribution is -2.43. The standard InChI is InChI=1S/C18H19N3O2S2.ClH/c22-17(16-6-3-13-24-16)21(8-7-20-9-11-23-12-10-20)18-19-14-4-1-2-5-15(14)25-18;/h1-6,13H,7-12H2;1H. The van der Waals surface area contributed by atoms with E-state index in [0.29, 0.717) is 6.54 Å². The molecule has 0 aliphatic carbocycles. The molecule has 3 heterocycles. The largest absolute Gasteiger partial charge is 0.379 e. The quantitative estimate of drug-likeness (QED) is 0.643. The first-order valence-corrected chi connectivity index (χ1v) is 10.0. The molecule has 0 spiro atoms. The lowest BCUT2D eigenvalue weighted by molar-refractivity contribution is 0.0391. The minimum absolute atomic E-state index is 0. The summed E-state index contributed by atoms with van der Waals surface area (Å²) < 4.78 is 6.51. The lowest BCUT2D eigenvalue weighted by atomic mass is 10.3. The second kappa shape index (κ2) is 8.92. The van der Waals surface area contributed by atoms with Gasteiger partial charge in [0.05, 0.1) is 28.3 Å². The summed E-state index contributed by atoms with van der Waals surface area (Å²) in [4.78, 5) is 22.6. The highest BCUT2D eigenvalue weighted by molar-refractivity contribution is 7.22. The normalized spacial score (nSPS) is 14.9. The van der Waals surface area contributed by atoms with E-state index < -0.39 is 0 Å². The van der Waals surface area contributed by atoms with Crippen molar-refractivity contribution in [2.24, 2.45) is 0 Å². The van der Waals surface area contributed by atoms with Gasteiger partial charge < -0.3 is 4.74 Å². The number of ether oxygens (including phenoxy) is 1. The van der Waals surface area contributed by atoms with E-state index in [1.54, 1.807) is 11.3 Å². The fourth-order valence-electron chi connectivity index (χ4n) is 2.86. The number of hydrogen-bond donors (Lipinski definition) is 0. The Kier molecular flexibility index (Phi) is 6.61. The van der Waals surface area contributed by atoms with Crippen LogP contribution in [0.5, 0.6) is 0 Å². The minimum atomic E-state index is 0. The van der Waals surface area contributed by atoms with Crippen LogP contribution in [0, 0.1) is 0 Å². The predicted molar refractivity (Wildman–Crippen MR) is 110 cm³/mol. The Hall–Kier alpha value is -1.51. The van der Waals surface area contributed by atoms with Crippen molar-refractivity contribution in [2.75, 3.05) is 44.3 Å². The van der Waals surface area contributed by atoms with Gasteiger partial charge >= 0.3 is 0 Å². The van der Waals surface area contributed by atoms with Gasteiger partial charge in [-0.3, -0.25) is 14.6 Å². The number of carbonyl (C=O) groups is 1. The zero-order valence-electron chi connectivity index (χ0n) is 14.2. The summed E-state index contributed by atoms with van der Waals surface area (Å²) in [5.41, 5.74) is 0.942. The summed E-state index contributed by atoms with van der Waals surface area (Å²) in [5, 5.41) is 2.71. The zero-order chi connectivity index (χ0) is 17.1. The van der Waals surface area contributed by atoms with E-state index in [-0.39, 0.29) is 18.3 Å². The molecule has 1 aromatic carbocycles. The van der Waals surface area contributed by atoms with E-state index in [1.807, 2.05) is 46.7 Å². The summed E-state index contributed by atoms with van der Waals surface area (Å²) in [6, 6.07) is 11.8. The molecule has 0 N–H and O–H groups in total. The molecule has 138 valence electrons. The van der Waals surface area contributed by atoms with Crippen molar-refractivity contribution >= 4 is 56.3 Å². The van der Waals surface area contributed by atoms with Gasteiger partial charge in [-0.2, -0.15) is 0 Å². The number of hydrogen-bond acceptors (Lipinski definition) is 6. The second-order valence-corrected chi connectivity index (χ2v) is 7.81. The third-order valence-corrected chi connectivity index (χ3v) is 6.15. The highest BCUT2D eigenvalue weighted by Gasteiger charge is 2.23. The second-order valence-electron chi connectivity index (χ2n) is 5.85. The summed E-state index contributed by atoms with van der Waals surface area (Å²) in [5.74, 6) is 0.0299. The van der Waals surface area contributed by atoms with Gasteiger partial charge in [0.2, 0.25) is 0 Å². The first-order chi connectivity index (χ1) is 12.3. The molecule has 0 saturated carbocycles. The number of aromatic nitrogens is 1. The number of benzene rings is 1. The van der Waals surface area contributed by atoms with Crippen molar-refractivity contribution in [1.82, 2.24) is 9.88 Å². The average molecular weight is 410 g/mol. The van der Waals surface area contributed by atoms with Crippen LogP contribution in [0.1, 0.15) is 9.67 Å². The van der Waals surface area contributed by atoms with Gasteiger partial charge in [0.1, 0.15) is 0 Å². The van der Waals surface area contributed by atoms with Crippen LogP contribution in [0.15, 0.2) is 41.8 Å². The van der Waals surface area contributed by atoms with Crippen molar-refractivity contribution in [1.29, 1.82) is 0 Å². The SMILES string of the molecule is Cl.O=C(c1cccs1)N(CCN1CCOCC1)c1nc2ccccc2s1. The number of nitrogens with zero attached hydrogens (tertiary/aromatic N) is 3. The van der Waals surface area contributed by atoms with Gasteiger partial charge in [-0.1, -0.05) is 29.5 Å². The molecule has 3 aromatic rings. The highest BCUT2D eigenvalue weighted by atomic mass is 35.5. The van der Waals surface area contributed by atoms with Crippen molar-refractivity contribution < 1.29 is 9.53 Å². The van der Waals surface area contributed by atoms with Crippen molar-refractivity contribution in [3.8, 4) is 0 Å². The Labute approximate surface area is 166 Å². The van der Waals surface area contributed by atoms with Gasteiger partial charge in [0.25, 0.3) is 5.91 Å². The smallest absolute Gasteiger partial charge is 0.270 e. The molecule has 1 saturated heterocycles. The van der Waals surface area contributed by atoms with Gasteiger partial charge in [0, 0.05) is 26.2 Å². The Bertz CT molecular complexity index is 814. The number of fused-ring (bicyclic) bond motifs is 1. The summed E-state index contributed by atoms with van der Waals surface area (Å²) in [7, 11) is 0. The van der Waals surface area contributed by atoms with Crippen LogP contribution in [-0.2, 0) is 4.74 Å². The van der Waals surface area contributed by atoms with E-state index >= 15 is 0 Å². The molecule has 1 fully saturated rings. The molecule has 0 atom stereocenters. The van der Waals surface area contributed by atoms with E-state index in [2.05, 4.69) is 4.90 Å². The van der Waals surface area contributed by atoms with Gasteiger partial charge in [-0.15, -0.1) is 23.7 Å². The molecule has 8 heteroatoms. The topological polar surface area (TPSA) is 45.7 Å². The lowest BCUT2D eigenvalue weighted by Gasteiger charge is -2.29. The number of thiophene rings is 1. The zero-order valence-corrected chi connectivity index (χ0v) is 16.6. The molecule has 1 amide bonds. The summed E-state index contributed by atoms with van der Waals surface area (Å²) in [6.07, 6.45) is 0. The maximum Gasteiger partial charge on any atom is 0.270 e. The predicted octanol–water partition coefficient (Wildman–Crippen LogP) is 3.76. The van der Waals surface area contributed by atoms with Crippen LogP contribution < -0.4 is 4.90 Å². The summed E-state index contributed by atoms with van der Waals surface area (Å²) in [6.45, 7) is 4.83. The maximum atomic E-state index is 13.0. The molecule has 4 rings (SSSR count). The van der Waals surface area contributed by atoms with E-state index in [0.717, 1.165) is 53.1 Å². The van der Waals surface area contributed by atoms with E-state index in [1.165, 1.54) is 11.3 Å². The summed E-state index contributed by atoms with van der Waals surface area (Å²) >= 11 is 3.05. The Morgan fingerprint density at radius 2 is 2.00 bits per heavy atom. The molecule has 26 heavy (non-hydrogen) atoms. The number of rotatable bonds is 5. The number of para-hydroxylation sites is 1. The van der Waals surface area contributed by atoms with Crippen LogP contribution in [0.25, 0.3) is 10.2 Å². The van der Waals surface area contributed by atoms with Gasteiger partial charge in [0.15, 0.2) is 5.13 Å². The van der Waals surface area contributed by atoms with Gasteiger partial charge in [-0.25, -0.2) is 4.98 Å². The fraction of sp³-hybridized carbons (Fsp3) is 0.333. The number of anilines is 1. The van der Waals surface area contributed by atoms with Crippen LogP contribution in [-0.4, -0.2) is 55.2 Å². The van der Waals surface area contributed by atoms with Gasteiger partial charge in [-0.05, 0) is 23.6 Å². The first-order valence-electron chi connectivity index (χ1n) is 8.32. The third-order valence-electron chi connectivity index (χ3n) is 4.23. The van der Waals surface area contributed by atoms with Crippen molar-refractivity contribution in [2.45, 2.75) is 0 Å². The number of thiazole rings is 1. The molecule has 1 aliphatic heterocycles. The van der Waals surface area contributed by atoms with Crippen LogP contribution in [0.2, 0.25) is 0 Å². The Morgan fingerprint density at radius 3 is 2.73 bits per heavy atom. The maximum absolute atomic E-state index is 13.0. The van der Waals surface area contributed by atoms with Crippen LogP contribution >= 0.6 is 35.1 Å². The van der Waals surface area contributed by atoms with Crippen LogP contribution in [0.4, 0.5) is 5.13 Å². The molecule has 0 unspecified atom stereocenters. The molecule has 1 aliphatic rings. The molecule has 2 aromatic heterocycles. The first kappa shape index (κ1) is 19.3. The molecule has 0 radical (unpaired) electrons. The average Bonchev–Trinajstić information content (AvgIpc) is 3.32. The number of morpholine rings is 1. The Morgan fingerprint density at radius 1 is 1.19 bits per heavy atom. The minimum Gasteiger partial charge on any atom is -0.379 e. The van der Waals surface area contributed by atoms with Crippen molar-refractivity contribution in [3.63, 3.8) is 0 Å². The third kappa shape index (κ3) is 4.24. The Balaban J connectivity index is 0.00000196.